The molecule has 2 aliphatic rings. The Morgan fingerprint density at radius 3 is 2.35 bits per heavy atom. The molecule has 0 radical (unpaired) electrons. The van der Waals surface area contributed by atoms with Crippen LogP contribution in [-0.4, -0.2) is 47.8 Å². The first-order valence-electron chi connectivity index (χ1n) is 8.46. The molecule has 124 valence electrons. The van der Waals surface area contributed by atoms with Crippen molar-refractivity contribution < 1.29 is 14.0 Å². The van der Waals surface area contributed by atoms with Gasteiger partial charge in [-0.3, -0.25) is 9.59 Å². The second-order valence-electron chi connectivity index (χ2n) is 6.41. The van der Waals surface area contributed by atoms with Gasteiger partial charge in [-0.05, 0) is 38.0 Å². The van der Waals surface area contributed by atoms with E-state index in [1.165, 1.54) is 12.8 Å². The molecule has 1 aromatic rings. The molecular formula is C18H24N2O3. The molecule has 2 heterocycles. The number of amides is 2. The van der Waals surface area contributed by atoms with Gasteiger partial charge in [0.15, 0.2) is 0 Å². The minimum Gasteiger partial charge on any atom is -0.462 e. The third kappa shape index (κ3) is 3.84. The first-order chi connectivity index (χ1) is 11.1. The average Bonchev–Trinajstić information content (AvgIpc) is 3.24. The molecule has 3 rings (SSSR count). The van der Waals surface area contributed by atoms with E-state index in [0.717, 1.165) is 18.6 Å². The summed E-state index contributed by atoms with van der Waals surface area (Å²) in [6.45, 7) is 4.39. The van der Waals surface area contributed by atoms with Gasteiger partial charge < -0.3 is 14.2 Å². The number of furan rings is 1. The standard InChI is InChI=1S/C18H24N2O3/c1-14-6-7-16(23-14)8-9-17(21)19-10-12-20(13-11-19)18(22)15-4-2-3-5-15/h6-9,15H,2-5,10-13H2,1H3/b9-8+. The molecule has 0 unspecified atom stereocenters. The van der Waals surface area contributed by atoms with E-state index >= 15 is 0 Å². The summed E-state index contributed by atoms with van der Waals surface area (Å²) < 4.78 is 5.42. The van der Waals surface area contributed by atoms with Crippen molar-refractivity contribution in [2.24, 2.45) is 5.92 Å². The molecule has 23 heavy (non-hydrogen) atoms. The fraction of sp³-hybridized carbons (Fsp3) is 0.556. The Hall–Kier alpha value is -2.04. The van der Waals surface area contributed by atoms with Gasteiger partial charge in [-0.25, -0.2) is 0 Å². The third-order valence-corrected chi connectivity index (χ3v) is 4.76. The Morgan fingerprint density at radius 2 is 1.74 bits per heavy atom. The number of rotatable bonds is 3. The maximum atomic E-state index is 12.4. The zero-order chi connectivity index (χ0) is 16.2. The highest BCUT2D eigenvalue weighted by Crippen LogP contribution is 2.26. The van der Waals surface area contributed by atoms with E-state index in [0.29, 0.717) is 31.9 Å². The number of piperazine rings is 1. The van der Waals surface area contributed by atoms with Crippen molar-refractivity contribution in [1.29, 1.82) is 0 Å². The summed E-state index contributed by atoms with van der Waals surface area (Å²) in [5.74, 6) is 2.00. The van der Waals surface area contributed by atoms with Crippen molar-refractivity contribution in [1.82, 2.24) is 9.80 Å². The zero-order valence-electron chi connectivity index (χ0n) is 13.7. The highest BCUT2D eigenvalue weighted by molar-refractivity contribution is 5.91. The van der Waals surface area contributed by atoms with Crippen LogP contribution in [0, 0.1) is 12.8 Å². The summed E-state index contributed by atoms with van der Waals surface area (Å²) >= 11 is 0. The predicted octanol–water partition coefficient (Wildman–Crippen LogP) is 2.46. The Balaban J connectivity index is 1.49. The number of hydrogen-bond acceptors (Lipinski definition) is 3. The Labute approximate surface area is 136 Å². The maximum Gasteiger partial charge on any atom is 0.246 e. The quantitative estimate of drug-likeness (QED) is 0.805. The second kappa shape index (κ2) is 7.02. The van der Waals surface area contributed by atoms with E-state index in [1.54, 1.807) is 17.1 Å². The minimum absolute atomic E-state index is 0.0213. The van der Waals surface area contributed by atoms with Gasteiger partial charge in [0.05, 0.1) is 0 Å². The van der Waals surface area contributed by atoms with Gasteiger partial charge in [0.2, 0.25) is 11.8 Å². The van der Waals surface area contributed by atoms with Gasteiger partial charge in [0.25, 0.3) is 0 Å². The van der Waals surface area contributed by atoms with Crippen LogP contribution in [-0.2, 0) is 9.59 Å². The van der Waals surface area contributed by atoms with Gasteiger partial charge in [0.1, 0.15) is 11.5 Å². The molecule has 0 N–H and O–H groups in total. The Bertz CT molecular complexity index is 591. The van der Waals surface area contributed by atoms with Gasteiger partial charge in [-0.1, -0.05) is 12.8 Å². The van der Waals surface area contributed by atoms with Crippen molar-refractivity contribution in [3.05, 3.63) is 29.7 Å². The first-order valence-corrected chi connectivity index (χ1v) is 8.46. The molecule has 2 fully saturated rings. The van der Waals surface area contributed by atoms with Gasteiger partial charge in [-0.2, -0.15) is 0 Å². The predicted molar refractivity (Wildman–Crippen MR) is 87.6 cm³/mol. The number of aryl methyl sites for hydroxylation is 1. The summed E-state index contributed by atoms with van der Waals surface area (Å²) in [5.41, 5.74) is 0. The molecule has 1 aliphatic heterocycles. The molecule has 5 nitrogen and oxygen atoms in total. The van der Waals surface area contributed by atoms with Crippen LogP contribution in [0.4, 0.5) is 0 Å². The summed E-state index contributed by atoms with van der Waals surface area (Å²) in [4.78, 5) is 28.3. The van der Waals surface area contributed by atoms with Crippen LogP contribution in [0.5, 0.6) is 0 Å². The van der Waals surface area contributed by atoms with E-state index in [9.17, 15) is 9.59 Å². The molecule has 0 atom stereocenters. The molecule has 2 amide bonds. The number of carbonyl (C=O) groups is 2. The lowest BCUT2D eigenvalue weighted by molar-refractivity contribution is -0.140. The fourth-order valence-electron chi connectivity index (χ4n) is 3.38. The topological polar surface area (TPSA) is 53.8 Å². The van der Waals surface area contributed by atoms with E-state index in [2.05, 4.69) is 0 Å². The fourth-order valence-corrected chi connectivity index (χ4v) is 3.38. The molecule has 1 saturated carbocycles. The summed E-state index contributed by atoms with van der Waals surface area (Å²) in [7, 11) is 0. The minimum atomic E-state index is -0.0213. The van der Waals surface area contributed by atoms with Crippen LogP contribution in [0.1, 0.15) is 37.2 Å². The van der Waals surface area contributed by atoms with Gasteiger partial charge in [-0.15, -0.1) is 0 Å². The SMILES string of the molecule is Cc1ccc(/C=C/C(=O)N2CCN(C(=O)C3CCCC3)CC2)o1. The zero-order valence-corrected chi connectivity index (χ0v) is 13.7. The van der Waals surface area contributed by atoms with Crippen molar-refractivity contribution in [2.45, 2.75) is 32.6 Å². The molecule has 0 bridgehead atoms. The van der Waals surface area contributed by atoms with E-state index in [-0.39, 0.29) is 17.7 Å². The van der Waals surface area contributed by atoms with Crippen molar-refractivity contribution >= 4 is 17.9 Å². The second-order valence-corrected chi connectivity index (χ2v) is 6.41. The number of hydrogen-bond donors (Lipinski definition) is 0. The molecule has 1 saturated heterocycles. The lowest BCUT2D eigenvalue weighted by Gasteiger charge is -2.35. The van der Waals surface area contributed by atoms with Crippen LogP contribution in [0.15, 0.2) is 22.6 Å². The molecule has 1 aromatic heterocycles. The van der Waals surface area contributed by atoms with Crippen LogP contribution in [0.3, 0.4) is 0 Å². The molecular weight excluding hydrogens is 292 g/mol. The molecule has 0 aromatic carbocycles. The first kappa shape index (κ1) is 15.8. The summed E-state index contributed by atoms with van der Waals surface area (Å²) in [6.07, 6.45) is 7.66. The average molecular weight is 316 g/mol. The molecule has 1 aliphatic carbocycles. The van der Waals surface area contributed by atoms with Crippen molar-refractivity contribution in [3.63, 3.8) is 0 Å². The van der Waals surface area contributed by atoms with E-state index < -0.39 is 0 Å². The Kier molecular flexibility index (Phi) is 4.84. The van der Waals surface area contributed by atoms with Crippen LogP contribution < -0.4 is 0 Å². The van der Waals surface area contributed by atoms with Crippen LogP contribution >= 0.6 is 0 Å². The largest absolute Gasteiger partial charge is 0.462 e. The van der Waals surface area contributed by atoms with E-state index in [1.807, 2.05) is 24.0 Å². The number of nitrogens with zero attached hydrogens (tertiary/aromatic N) is 2. The van der Waals surface area contributed by atoms with Crippen LogP contribution in [0.25, 0.3) is 6.08 Å². The monoisotopic (exact) mass is 316 g/mol. The lowest BCUT2D eigenvalue weighted by Crippen LogP contribution is -2.51. The Morgan fingerprint density at radius 1 is 1.09 bits per heavy atom. The van der Waals surface area contributed by atoms with Gasteiger partial charge in [0, 0.05) is 38.2 Å². The molecule has 5 heteroatoms. The van der Waals surface area contributed by atoms with Crippen molar-refractivity contribution in [3.8, 4) is 0 Å². The summed E-state index contributed by atoms with van der Waals surface area (Å²) in [6, 6.07) is 3.72. The van der Waals surface area contributed by atoms with E-state index in [4.69, 9.17) is 4.42 Å². The third-order valence-electron chi connectivity index (χ3n) is 4.76. The maximum absolute atomic E-state index is 12.4. The summed E-state index contributed by atoms with van der Waals surface area (Å²) in [5, 5.41) is 0. The number of carbonyl (C=O) groups excluding carboxylic acids is 2. The van der Waals surface area contributed by atoms with Crippen LogP contribution in [0.2, 0.25) is 0 Å². The van der Waals surface area contributed by atoms with Gasteiger partial charge >= 0.3 is 0 Å². The normalized spacial score (nSPS) is 19.7. The molecule has 0 spiro atoms. The highest BCUT2D eigenvalue weighted by atomic mass is 16.3. The van der Waals surface area contributed by atoms with Crippen molar-refractivity contribution in [2.75, 3.05) is 26.2 Å². The lowest BCUT2D eigenvalue weighted by atomic mass is 10.1. The highest BCUT2D eigenvalue weighted by Gasteiger charge is 2.30. The smallest absolute Gasteiger partial charge is 0.246 e.